The molecule has 1 atom stereocenters. The highest BCUT2D eigenvalue weighted by Gasteiger charge is 2.19. The highest BCUT2D eigenvalue weighted by atomic mass is 16.3. The number of furan rings is 1. The van der Waals surface area contributed by atoms with Gasteiger partial charge in [0.15, 0.2) is 0 Å². The first-order valence-electron chi connectivity index (χ1n) is 5.62. The molecule has 1 aromatic rings. The third kappa shape index (κ3) is 2.15. The largest absolute Gasteiger partial charge is 0.466 e. The van der Waals surface area contributed by atoms with Crippen molar-refractivity contribution in [1.29, 1.82) is 0 Å². The molecule has 1 unspecified atom stereocenters. The fraction of sp³-hybridized carbons (Fsp3) is 0.538. The zero-order chi connectivity index (χ0) is 10.8. The number of aliphatic hydroxyl groups excluding tert-OH is 1. The maximum absolute atomic E-state index is 10.2. The van der Waals surface area contributed by atoms with E-state index in [4.69, 9.17) is 4.42 Å². The van der Waals surface area contributed by atoms with Gasteiger partial charge in [0.05, 0.1) is 0 Å². The number of allylic oxidation sites excluding steroid dienone is 1. The number of aryl methyl sites for hydroxylation is 2. The standard InChI is InChI=1S/C13H18O2/c1-9-8-12(10(2)15-9)13(14)11-6-4-3-5-7-11/h6,8,13-14H,3-5,7H2,1-2H3. The third-order valence-corrected chi connectivity index (χ3v) is 3.05. The highest BCUT2D eigenvalue weighted by molar-refractivity contribution is 5.30. The van der Waals surface area contributed by atoms with E-state index in [1.807, 2.05) is 19.9 Å². The van der Waals surface area contributed by atoms with Crippen LogP contribution in [0, 0.1) is 13.8 Å². The van der Waals surface area contributed by atoms with Crippen molar-refractivity contribution in [3.05, 3.63) is 34.8 Å². The van der Waals surface area contributed by atoms with E-state index < -0.39 is 6.10 Å². The van der Waals surface area contributed by atoms with Crippen LogP contribution in [0.1, 0.15) is 48.9 Å². The molecule has 0 spiro atoms. The Morgan fingerprint density at radius 2 is 2.13 bits per heavy atom. The number of rotatable bonds is 2. The quantitative estimate of drug-likeness (QED) is 0.752. The summed E-state index contributed by atoms with van der Waals surface area (Å²) in [5.74, 6) is 1.71. The molecule has 2 rings (SSSR count). The van der Waals surface area contributed by atoms with Gasteiger partial charge in [-0.2, -0.15) is 0 Å². The summed E-state index contributed by atoms with van der Waals surface area (Å²) in [5, 5.41) is 10.2. The van der Waals surface area contributed by atoms with Crippen molar-refractivity contribution >= 4 is 0 Å². The molecular weight excluding hydrogens is 188 g/mol. The fourth-order valence-electron chi connectivity index (χ4n) is 2.23. The Morgan fingerprint density at radius 1 is 1.33 bits per heavy atom. The first-order valence-corrected chi connectivity index (χ1v) is 5.62. The van der Waals surface area contributed by atoms with Crippen molar-refractivity contribution in [3.8, 4) is 0 Å². The zero-order valence-electron chi connectivity index (χ0n) is 9.42. The fourth-order valence-corrected chi connectivity index (χ4v) is 2.23. The lowest BCUT2D eigenvalue weighted by Crippen LogP contribution is -2.04. The minimum absolute atomic E-state index is 0.456. The van der Waals surface area contributed by atoms with Gasteiger partial charge in [0, 0.05) is 5.56 Å². The molecule has 15 heavy (non-hydrogen) atoms. The first-order chi connectivity index (χ1) is 7.18. The van der Waals surface area contributed by atoms with Gasteiger partial charge in [0.2, 0.25) is 0 Å². The van der Waals surface area contributed by atoms with E-state index in [-0.39, 0.29) is 0 Å². The topological polar surface area (TPSA) is 33.4 Å². The van der Waals surface area contributed by atoms with Gasteiger partial charge in [-0.1, -0.05) is 6.08 Å². The van der Waals surface area contributed by atoms with Crippen molar-refractivity contribution in [2.45, 2.75) is 45.6 Å². The van der Waals surface area contributed by atoms with E-state index >= 15 is 0 Å². The van der Waals surface area contributed by atoms with Crippen LogP contribution in [-0.2, 0) is 0 Å². The Bertz CT molecular complexity index is 374. The van der Waals surface area contributed by atoms with Crippen LogP contribution < -0.4 is 0 Å². The van der Waals surface area contributed by atoms with Crippen LogP contribution in [0.3, 0.4) is 0 Å². The van der Waals surface area contributed by atoms with Crippen molar-refractivity contribution < 1.29 is 9.52 Å². The molecular formula is C13H18O2. The molecule has 0 amide bonds. The smallest absolute Gasteiger partial charge is 0.107 e. The minimum atomic E-state index is -0.456. The molecule has 1 N–H and O–H groups in total. The Labute approximate surface area is 90.6 Å². The summed E-state index contributed by atoms with van der Waals surface area (Å²) < 4.78 is 5.44. The van der Waals surface area contributed by atoms with Gasteiger partial charge in [-0.3, -0.25) is 0 Å². The Kier molecular flexibility index (Phi) is 2.96. The lowest BCUT2D eigenvalue weighted by Gasteiger charge is -2.18. The zero-order valence-corrected chi connectivity index (χ0v) is 9.42. The van der Waals surface area contributed by atoms with Gasteiger partial charge in [-0.15, -0.1) is 0 Å². The van der Waals surface area contributed by atoms with Crippen molar-refractivity contribution in [1.82, 2.24) is 0 Å². The second-order valence-corrected chi connectivity index (χ2v) is 4.30. The van der Waals surface area contributed by atoms with Crippen LogP contribution in [0.15, 0.2) is 22.1 Å². The molecule has 0 radical (unpaired) electrons. The normalized spacial score (nSPS) is 18.7. The van der Waals surface area contributed by atoms with E-state index in [0.717, 1.165) is 35.5 Å². The lowest BCUT2D eigenvalue weighted by atomic mass is 9.92. The minimum Gasteiger partial charge on any atom is -0.466 e. The summed E-state index contributed by atoms with van der Waals surface area (Å²) in [4.78, 5) is 0. The van der Waals surface area contributed by atoms with Gasteiger partial charge >= 0.3 is 0 Å². The van der Waals surface area contributed by atoms with Gasteiger partial charge in [0.1, 0.15) is 17.6 Å². The molecule has 0 aliphatic heterocycles. The second-order valence-electron chi connectivity index (χ2n) is 4.30. The van der Waals surface area contributed by atoms with E-state index in [9.17, 15) is 5.11 Å². The molecule has 1 heterocycles. The Morgan fingerprint density at radius 3 is 2.67 bits per heavy atom. The predicted molar refractivity (Wildman–Crippen MR) is 59.7 cm³/mol. The molecule has 1 aromatic heterocycles. The summed E-state index contributed by atoms with van der Waals surface area (Å²) in [6.07, 6.45) is 6.28. The average Bonchev–Trinajstić information content (AvgIpc) is 2.58. The molecule has 2 nitrogen and oxygen atoms in total. The van der Waals surface area contributed by atoms with Crippen LogP contribution in [-0.4, -0.2) is 5.11 Å². The summed E-state index contributed by atoms with van der Waals surface area (Å²) in [7, 11) is 0. The van der Waals surface area contributed by atoms with E-state index in [1.54, 1.807) is 0 Å². The van der Waals surface area contributed by atoms with Gasteiger partial charge in [0.25, 0.3) is 0 Å². The van der Waals surface area contributed by atoms with Crippen LogP contribution in [0.5, 0.6) is 0 Å². The highest BCUT2D eigenvalue weighted by Crippen LogP contribution is 2.32. The Hall–Kier alpha value is -1.02. The number of aliphatic hydroxyl groups is 1. The molecule has 0 saturated heterocycles. The first kappa shape index (κ1) is 10.5. The molecule has 1 aliphatic rings. The molecule has 0 fully saturated rings. The van der Waals surface area contributed by atoms with E-state index in [0.29, 0.717) is 0 Å². The summed E-state index contributed by atoms with van der Waals surface area (Å²) in [5.41, 5.74) is 2.09. The number of hydrogen-bond donors (Lipinski definition) is 1. The Balaban J connectivity index is 2.23. The summed E-state index contributed by atoms with van der Waals surface area (Å²) in [6.45, 7) is 3.83. The molecule has 0 bridgehead atoms. The second kappa shape index (κ2) is 4.23. The summed E-state index contributed by atoms with van der Waals surface area (Å²) >= 11 is 0. The summed E-state index contributed by atoms with van der Waals surface area (Å²) in [6, 6.07) is 1.94. The molecule has 2 heteroatoms. The predicted octanol–water partition coefficient (Wildman–Crippen LogP) is 3.43. The van der Waals surface area contributed by atoms with Crippen LogP contribution >= 0.6 is 0 Å². The maximum atomic E-state index is 10.2. The average molecular weight is 206 g/mol. The number of hydrogen-bond acceptors (Lipinski definition) is 2. The SMILES string of the molecule is Cc1cc(C(O)C2=CCCCC2)c(C)o1. The van der Waals surface area contributed by atoms with Crippen molar-refractivity contribution in [2.75, 3.05) is 0 Å². The van der Waals surface area contributed by atoms with Crippen molar-refractivity contribution in [2.24, 2.45) is 0 Å². The molecule has 82 valence electrons. The van der Waals surface area contributed by atoms with Gasteiger partial charge in [-0.25, -0.2) is 0 Å². The van der Waals surface area contributed by atoms with Crippen LogP contribution in [0.4, 0.5) is 0 Å². The maximum Gasteiger partial charge on any atom is 0.107 e. The van der Waals surface area contributed by atoms with Crippen LogP contribution in [0.2, 0.25) is 0 Å². The molecule has 0 aromatic carbocycles. The van der Waals surface area contributed by atoms with Gasteiger partial charge in [-0.05, 0) is 51.2 Å². The van der Waals surface area contributed by atoms with Gasteiger partial charge < -0.3 is 9.52 Å². The lowest BCUT2D eigenvalue weighted by molar-refractivity contribution is 0.206. The molecule has 1 aliphatic carbocycles. The van der Waals surface area contributed by atoms with Crippen LogP contribution in [0.25, 0.3) is 0 Å². The molecule has 0 saturated carbocycles. The van der Waals surface area contributed by atoms with E-state index in [1.165, 1.54) is 12.8 Å². The van der Waals surface area contributed by atoms with E-state index in [2.05, 4.69) is 6.08 Å². The van der Waals surface area contributed by atoms with Crippen molar-refractivity contribution in [3.63, 3.8) is 0 Å². The monoisotopic (exact) mass is 206 g/mol. The third-order valence-electron chi connectivity index (χ3n) is 3.05.